The number of nitrogens with zero attached hydrogens (tertiary/aromatic N) is 2. The maximum Gasteiger partial charge on any atom is 0.255 e. The van der Waals surface area contributed by atoms with Crippen LogP contribution in [0.15, 0.2) is 42.5 Å². The molecule has 0 saturated carbocycles. The largest absolute Gasteiger partial charge is 0.489 e. The van der Waals surface area contributed by atoms with E-state index >= 15 is 0 Å². The molecule has 33 heavy (non-hydrogen) atoms. The number of hydrogen-bond donors (Lipinski definition) is 1. The molecule has 1 atom stereocenters. The van der Waals surface area contributed by atoms with Gasteiger partial charge in [0.1, 0.15) is 18.4 Å². The fourth-order valence-corrected chi connectivity index (χ4v) is 4.61. The molecule has 0 radical (unpaired) electrons. The third-order valence-electron chi connectivity index (χ3n) is 6.47. The van der Waals surface area contributed by atoms with Crippen LogP contribution in [0.1, 0.15) is 39.9 Å². The Kier molecular flexibility index (Phi) is 6.11. The first kappa shape index (κ1) is 21.6. The van der Waals surface area contributed by atoms with Gasteiger partial charge in [-0.25, -0.2) is 0 Å². The van der Waals surface area contributed by atoms with E-state index < -0.39 is 11.9 Å². The van der Waals surface area contributed by atoms with Gasteiger partial charge >= 0.3 is 0 Å². The minimum atomic E-state index is -0.630. The molecule has 3 amide bonds. The molecule has 5 rings (SSSR count). The number of imide groups is 1. The molecule has 8 nitrogen and oxygen atoms in total. The average molecular weight is 450 g/mol. The zero-order valence-corrected chi connectivity index (χ0v) is 18.4. The van der Waals surface area contributed by atoms with Crippen molar-refractivity contribution in [3.63, 3.8) is 0 Å². The first-order valence-electron chi connectivity index (χ1n) is 11.4. The smallest absolute Gasteiger partial charge is 0.255 e. The van der Waals surface area contributed by atoms with Gasteiger partial charge in [0, 0.05) is 37.2 Å². The Hall–Kier alpha value is -3.23. The lowest BCUT2D eigenvalue weighted by molar-refractivity contribution is -0.136. The van der Waals surface area contributed by atoms with E-state index in [2.05, 4.69) is 34.5 Å². The summed E-state index contributed by atoms with van der Waals surface area (Å²) in [5.74, 6) is -0.252. The standard InChI is InChI=1S/C25H27N3O5/c29-23-9-8-21(24(30)26-23)28-15-20-19(25(28)31)2-1-3-22(20)33-16-18-6-4-17(5-7-18)14-27-10-12-32-13-11-27/h1-7,21H,8-16H2,(H,26,29,30). The zero-order chi connectivity index (χ0) is 22.8. The second-order valence-corrected chi connectivity index (χ2v) is 8.68. The van der Waals surface area contributed by atoms with Crippen LogP contribution in [0.4, 0.5) is 0 Å². The Balaban J connectivity index is 1.23. The minimum absolute atomic E-state index is 0.197. The van der Waals surface area contributed by atoms with Crippen molar-refractivity contribution < 1.29 is 23.9 Å². The summed E-state index contributed by atoms with van der Waals surface area (Å²) in [6.45, 7) is 5.09. The molecule has 3 aliphatic heterocycles. The third kappa shape index (κ3) is 4.62. The molecule has 172 valence electrons. The van der Waals surface area contributed by atoms with Crippen LogP contribution in [0, 0.1) is 0 Å². The number of benzene rings is 2. The number of carbonyl (C=O) groups is 3. The second kappa shape index (κ2) is 9.33. The molecule has 1 unspecified atom stereocenters. The Labute approximate surface area is 192 Å². The minimum Gasteiger partial charge on any atom is -0.489 e. The topological polar surface area (TPSA) is 88.2 Å². The molecule has 0 aromatic heterocycles. The first-order valence-corrected chi connectivity index (χ1v) is 11.4. The van der Waals surface area contributed by atoms with Crippen molar-refractivity contribution in [2.75, 3.05) is 26.3 Å². The van der Waals surface area contributed by atoms with Gasteiger partial charge in [-0.3, -0.25) is 24.6 Å². The Morgan fingerprint density at radius 2 is 1.76 bits per heavy atom. The van der Waals surface area contributed by atoms with Crippen LogP contribution in [-0.2, 0) is 34.0 Å². The van der Waals surface area contributed by atoms with E-state index in [4.69, 9.17) is 9.47 Å². The van der Waals surface area contributed by atoms with Gasteiger partial charge in [-0.15, -0.1) is 0 Å². The molecular weight excluding hydrogens is 422 g/mol. The van der Waals surface area contributed by atoms with Crippen LogP contribution in [0.2, 0.25) is 0 Å². The monoisotopic (exact) mass is 449 g/mol. The summed E-state index contributed by atoms with van der Waals surface area (Å²) in [5.41, 5.74) is 3.64. The molecule has 2 aromatic carbocycles. The lowest BCUT2D eigenvalue weighted by Crippen LogP contribution is -2.52. The van der Waals surface area contributed by atoms with Gasteiger partial charge in [0.25, 0.3) is 5.91 Å². The number of rotatable bonds is 6. The summed E-state index contributed by atoms with van der Waals surface area (Å²) in [5, 5.41) is 2.33. The number of morpholine rings is 1. The molecule has 3 aliphatic rings. The summed E-state index contributed by atoms with van der Waals surface area (Å²) in [6, 6.07) is 13.2. The summed E-state index contributed by atoms with van der Waals surface area (Å²) in [7, 11) is 0. The van der Waals surface area contributed by atoms with E-state index in [1.54, 1.807) is 17.0 Å². The van der Waals surface area contributed by atoms with Gasteiger partial charge in [-0.05, 0) is 29.7 Å². The molecule has 0 aliphatic carbocycles. The number of amides is 3. The maximum atomic E-state index is 12.9. The number of carbonyl (C=O) groups excluding carboxylic acids is 3. The number of ether oxygens (including phenoxy) is 2. The number of hydrogen-bond acceptors (Lipinski definition) is 6. The van der Waals surface area contributed by atoms with Crippen LogP contribution in [0.5, 0.6) is 5.75 Å². The normalized spacial score (nSPS) is 21.2. The fourth-order valence-electron chi connectivity index (χ4n) is 4.61. The van der Waals surface area contributed by atoms with Crippen LogP contribution in [0.3, 0.4) is 0 Å². The highest BCUT2D eigenvalue weighted by Gasteiger charge is 2.40. The van der Waals surface area contributed by atoms with Crippen molar-refractivity contribution in [1.29, 1.82) is 0 Å². The molecular formula is C25H27N3O5. The fraction of sp³-hybridized carbons (Fsp3) is 0.400. The highest BCUT2D eigenvalue weighted by atomic mass is 16.5. The lowest BCUT2D eigenvalue weighted by atomic mass is 10.0. The summed E-state index contributed by atoms with van der Waals surface area (Å²) in [4.78, 5) is 40.6. The predicted octanol–water partition coefficient (Wildman–Crippen LogP) is 1.86. The zero-order valence-electron chi connectivity index (χ0n) is 18.4. The van der Waals surface area contributed by atoms with Crippen molar-refractivity contribution in [3.05, 3.63) is 64.7 Å². The number of nitrogens with one attached hydrogen (secondary N) is 1. The average Bonchev–Trinajstić information content (AvgIpc) is 3.16. The van der Waals surface area contributed by atoms with Crippen molar-refractivity contribution in [2.24, 2.45) is 0 Å². The molecule has 2 fully saturated rings. The molecule has 0 bridgehead atoms. The summed E-state index contributed by atoms with van der Waals surface area (Å²) < 4.78 is 11.5. The molecule has 0 spiro atoms. The Morgan fingerprint density at radius 1 is 1.00 bits per heavy atom. The predicted molar refractivity (Wildman–Crippen MR) is 119 cm³/mol. The lowest BCUT2D eigenvalue weighted by Gasteiger charge is -2.29. The van der Waals surface area contributed by atoms with Crippen LogP contribution in [-0.4, -0.2) is 59.9 Å². The van der Waals surface area contributed by atoms with Gasteiger partial charge in [0.15, 0.2) is 0 Å². The van der Waals surface area contributed by atoms with E-state index in [0.29, 0.717) is 30.9 Å². The van der Waals surface area contributed by atoms with Gasteiger partial charge in [0.2, 0.25) is 11.8 Å². The summed E-state index contributed by atoms with van der Waals surface area (Å²) >= 11 is 0. The maximum absolute atomic E-state index is 12.9. The quantitative estimate of drug-likeness (QED) is 0.678. The van der Waals surface area contributed by atoms with E-state index in [9.17, 15) is 14.4 Å². The highest BCUT2D eigenvalue weighted by Crippen LogP contribution is 2.34. The highest BCUT2D eigenvalue weighted by molar-refractivity contribution is 6.05. The number of fused-ring (bicyclic) bond motifs is 1. The molecule has 2 aromatic rings. The van der Waals surface area contributed by atoms with E-state index in [1.807, 2.05) is 6.07 Å². The van der Waals surface area contributed by atoms with Gasteiger partial charge in [-0.2, -0.15) is 0 Å². The van der Waals surface area contributed by atoms with Gasteiger partial charge < -0.3 is 14.4 Å². The SMILES string of the molecule is O=C1CCC(N2Cc3c(OCc4ccc(CN5CCOCC5)cc4)cccc3C2=O)C(=O)N1. The molecule has 3 heterocycles. The summed E-state index contributed by atoms with van der Waals surface area (Å²) in [6.07, 6.45) is 0.582. The molecule has 1 N–H and O–H groups in total. The van der Waals surface area contributed by atoms with Crippen molar-refractivity contribution in [2.45, 2.75) is 38.6 Å². The van der Waals surface area contributed by atoms with Crippen LogP contribution < -0.4 is 10.1 Å². The van der Waals surface area contributed by atoms with Gasteiger partial charge in [-0.1, -0.05) is 30.3 Å². The van der Waals surface area contributed by atoms with Crippen LogP contribution in [0.25, 0.3) is 0 Å². The second-order valence-electron chi connectivity index (χ2n) is 8.68. The van der Waals surface area contributed by atoms with E-state index in [-0.39, 0.29) is 18.2 Å². The van der Waals surface area contributed by atoms with E-state index in [0.717, 1.165) is 44.0 Å². The molecule has 2 saturated heterocycles. The van der Waals surface area contributed by atoms with E-state index in [1.165, 1.54) is 5.56 Å². The Bertz CT molecular complexity index is 1060. The van der Waals surface area contributed by atoms with Crippen LogP contribution >= 0.6 is 0 Å². The Morgan fingerprint density at radius 3 is 2.52 bits per heavy atom. The first-order chi connectivity index (χ1) is 16.1. The van der Waals surface area contributed by atoms with Crippen molar-refractivity contribution >= 4 is 17.7 Å². The van der Waals surface area contributed by atoms with Crippen molar-refractivity contribution in [3.8, 4) is 5.75 Å². The van der Waals surface area contributed by atoms with Gasteiger partial charge in [0.05, 0.1) is 19.8 Å². The third-order valence-corrected chi connectivity index (χ3v) is 6.47. The number of piperidine rings is 1. The van der Waals surface area contributed by atoms with Crippen molar-refractivity contribution in [1.82, 2.24) is 15.1 Å². The molecule has 8 heteroatoms.